The molecular formula is C10H10BrFN2O. The van der Waals surface area contributed by atoms with E-state index < -0.39 is 5.54 Å². The van der Waals surface area contributed by atoms with E-state index in [0.29, 0.717) is 15.8 Å². The number of rotatable bonds is 0. The maximum absolute atomic E-state index is 13.3. The number of hydrogen-bond acceptors (Lipinski definition) is 2. The molecule has 2 rings (SSSR count). The van der Waals surface area contributed by atoms with Crippen LogP contribution in [-0.4, -0.2) is 11.4 Å². The van der Waals surface area contributed by atoms with Gasteiger partial charge in [0.2, 0.25) is 5.91 Å². The summed E-state index contributed by atoms with van der Waals surface area (Å²) in [7, 11) is 0. The Balaban J connectivity index is 2.51. The van der Waals surface area contributed by atoms with E-state index in [-0.39, 0.29) is 11.7 Å². The average molecular weight is 273 g/mol. The van der Waals surface area contributed by atoms with Crippen LogP contribution < -0.4 is 10.6 Å². The van der Waals surface area contributed by atoms with Gasteiger partial charge in [0, 0.05) is 6.07 Å². The van der Waals surface area contributed by atoms with Crippen molar-refractivity contribution in [2.45, 2.75) is 19.4 Å². The van der Waals surface area contributed by atoms with Gasteiger partial charge in [-0.2, -0.15) is 0 Å². The molecule has 1 aromatic carbocycles. The van der Waals surface area contributed by atoms with Gasteiger partial charge in [-0.3, -0.25) is 4.79 Å². The van der Waals surface area contributed by atoms with Crippen LogP contribution in [0.1, 0.15) is 13.8 Å². The number of carbonyl (C=O) groups excluding carboxylic acids is 1. The van der Waals surface area contributed by atoms with Gasteiger partial charge in [-0.05, 0) is 35.8 Å². The highest BCUT2D eigenvalue weighted by Gasteiger charge is 2.33. The quantitative estimate of drug-likeness (QED) is 0.763. The zero-order valence-corrected chi connectivity index (χ0v) is 9.90. The lowest BCUT2D eigenvalue weighted by Crippen LogP contribution is -2.47. The van der Waals surface area contributed by atoms with Crippen LogP contribution in [0, 0.1) is 5.82 Å². The summed E-state index contributed by atoms with van der Waals surface area (Å²) < 4.78 is 13.6. The van der Waals surface area contributed by atoms with Crippen molar-refractivity contribution in [3.63, 3.8) is 0 Å². The second-order valence-electron chi connectivity index (χ2n) is 4.02. The molecule has 0 radical (unpaired) electrons. The molecule has 0 aliphatic carbocycles. The Morgan fingerprint density at radius 2 is 2.00 bits per heavy atom. The lowest BCUT2D eigenvalue weighted by Gasteiger charge is -2.32. The molecule has 0 bridgehead atoms. The summed E-state index contributed by atoms with van der Waals surface area (Å²) in [6.45, 7) is 3.48. The second kappa shape index (κ2) is 3.20. The summed E-state index contributed by atoms with van der Waals surface area (Å²) in [6, 6.07) is 2.91. The molecule has 0 spiro atoms. The molecule has 1 aliphatic heterocycles. The van der Waals surface area contributed by atoms with E-state index in [0.717, 1.165) is 0 Å². The van der Waals surface area contributed by atoms with E-state index in [2.05, 4.69) is 26.6 Å². The monoisotopic (exact) mass is 272 g/mol. The molecule has 15 heavy (non-hydrogen) atoms. The molecule has 5 heteroatoms. The van der Waals surface area contributed by atoms with E-state index in [9.17, 15) is 9.18 Å². The topological polar surface area (TPSA) is 41.1 Å². The van der Waals surface area contributed by atoms with Crippen molar-refractivity contribution in [1.29, 1.82) is 0 Å². The normalized spacial score (nSPS) is 17.7. The number of amides is 1. The molecule has 0 saturated carbocycles. The van der Waals surface area contributed by atoms with E-state index in [4.69, 9.17) is 0 Å². The molecule has 1 amide bonds. The zero-order chi connectivity index (χ0) is 11.2. The van der Waals surface area contributed by atoms with Crippen molar-refractivity contribution < 1.29 is 9.18 Å². The van der Waals surface area contributed by atoms with Gasteiger partial charge >= 0.3 is 0 Å². The molecule has 3 nitrogen and oxygen atoms in total. The second-order valence-corrected chi connectivity index (χ2v) is 4.87. The predicted molar refractivity (Wildman–Crippen MR) is 60.4 cm³/mol. The van der Waals surface area contributed by atoms with Gasteiger partial charge in [0.1, 0.15) is 11.4 Å². The van der Waals surface area contributed by atoms with Gasteiger partial charge in [-0.15, -0.1) is 0 Å². The van der Waals surface area contributed by atoms with Crippen molar-refractivity contribution in [2.24, 2.45) is 0 Å². The fourth-order valence-corrected chi connectivity index (χ4v) is 1.77. The van der Waals surface area contributed by atoms with Crippen molar-refractivity contribution in [2.75, 3.05) is 10.6 Å². The molecule has 0 saturated heterocycles. The van der Waals surface area contributed by atoms with Gasteiger partial charge in [0.05, 0.1) is 15.8 Å². The maximum atomic E-state index is 13.3. The summed E-state index contributed by atoms with van der Waals surface area (Å²) in [4.78, 5) is 11.6. The smallest absolute Gasteiger partial charge is 0.249 e. The van der Waals surface area contributed by atoms with Crippen molar-refractivity contribution >= 4 is 33.2 Å². The molecule has 1 aromatic rings. The van der Waals surface area contributed by atoms with Crippen molar-refractivity contribution in [1.82, 2.24) is 0 Å². The molecule has 80 valence electrons. The van der Waals surface area contributed by atoms with Crippen LogP contribution in [0.3, 0.4) is 0 Å². The first-order valence-electron chi connectivity index (χ1n) is 4.49. The van der Waals surface area contributed by atoms with Crippen molar-refractivity contribution in [3.8, 4) is 0 Å². The van der Waals surface area contributed by atoms with Gasteiger partial charge in [0.15, 0.2) is 0 Å². The number of anilines is 2. The molecule has 0 aromatic heterocycles. The number of nitrogens with one attached hydrogen (secondary N) is 2. The maximum Gasteiger partial charge on any atom is 0.249 e. The molecule has 0 atom stereocenters. The summed E-state index contributed by atoms with van der Waals surface area (Å²) in [5.41, 5.74) is 0.473. The molecule has 1 aliphatic rings. The standard InChI is InChI=1S/C10H10BrFN2O/c1-10(2)9(15)13-7-3-5(11)6(12)4-8(7)14-10/h3-4,14H,1-2H3,(H,13,15). The summed E-state index contributed by atoms with van der Waals surface area (Å²) in [6.07, 6.45) is 0. The van der Waals surface area contributed by atoms with E-state index in [1.165, 1.54) is 6.07 Å². The lowest BCUT2D eigenvalue weighted by atomic mass is 10.00. The third kappa shape index (κ3) is 1.71. The largest absolute Gasteiger partial charge is 0.370 e. The number of fused-ring (bicyclic) bond motifs is 1. The molecule has 0 fully saturated rings. The van der Waals surface area contributed by atoms with Crippen LogP contribution in [0.5, 0.6) is 0 Å². The number of hydrogen-bond donors (Lipinski definition) is 2. The number of halogens is 2. The van der Waals surface area contributed by atoms with Gasteiger partial charge in [-0.1, -0.05) is 0 Å². The lowest BCUT2D eigenvalue weighted by molar-refractivity contribution is -0.119. The SMILES string of the molecule is CC1(C)Nc2cc(F)c(Br)cc2NC1=O. The van der Waals surface area contributed by atoms with E-state index in [1.807, 2.05) is 0 Å². The molecule has 1 heterocycles. The van der Waals surface area contributed by atoms with E-state index >= 15 is 0 Å². The van der Waals surface area contributed by atoms with Gasteiger partial charge in [-0.25, -0.2) is 4.39 Å². The highest BCUT2D eigenvalue weighted by Crippen LogP contribution is 2.34. The Morgan fingerprint density at radius 3 is 2.67 bits per heavy atom. The van der Waals surface area contributed by atoms with Crippen LogP contribution >= 0.6 is 15.9 Å². The summed E-state index contributed by atoms with van der Waals surface area (Å²) >= 11 is 3.07. The predicted octanol–water partition coefficient (Wildman–Crippen LogP) is 2.73. The van der Waals surface area contributed by atoms with Crippen LogP contribution in [0.15, 0.2) is 16.6 Å². The van der Waals surface area contributed by atoms with Crippen molar-refractivity contribution in [3.05, 3.63) is 22.4 Å². The summed E-state index contributed by atoms with van der Waals surface area (Å²) in [5.74, 6) is -0.485. The Hall–Kier alpha value is -1.10. The Labute approximate surface area is 95.2 Å². The van der Waals surface area contributed by atoms with Crippen LogP contribution in [0.2, 0.25) is 0 Å². The minimum Gasteiger partial charge on any atom is -0.370 e. The minimum atomic E-state index is -0.715. The first-order chi connectivity index (χ1) is 6.90. The van der Waals surface area contributed by atoms with Crippen LogP contribution in [0.4, 0.5) is 15.8 Å². The molecule has 0 unspecified atom stereocenters. The van der Waals surface area contributed by atoms with Crippen LogP contribution in [0.25, 0.3) is 0 Å². The van der Waals surface area contributed by atoms with Gasteiger partial charge < -0.3 is 10.6 Å². The fraction of sp³-hybridized carbons (Fsp3) is 0.300. The van der Waals surface area contributed by atoms with Crippen LogP contribution in [-0.2, 0) is 4.79 Å². The fourth-order valence-electron chi connectivity index (χ4n) is 1.43. The third-order valence-electron chi connectivity index (χ3n) is 2.32. The Morgan fingerprint density at radius 1 is 1.33 bits per heavy atom. The molecule has 2 N–H and O–H groups in total. The molecular weight excluding hydrogens is 263 g/mol. The Bertz CT molecular complexity index is 445. The highest BCUT2D eigenvalue weighted by atomic mass is 79.9. The first kappa shape index (κ1) is 10.4. The average Bonchev–Trinajstić information content (AvgIpc) is 2.11. The zero-order valence-electron chi connectivity index (χ0n) is 8.32. The number of carbonyl (C=O) groups is 1. The highest BCUT2D eigenvalue weighted by molar-refractivity contribution is 9.10. The Kier molecular flexibility index (Phi) is 2.22. The van der Waals surface area contributed by atoms with Gasteiger partial charge in [0.25, 0.3) is 0 Å². The number of benzene rings is 1. The third-order valence-corrected chi connectivity index (χ3v) is 2.93. The first-order valence-corrected chi connectivity index (χ1v) is 5.28. The van der Waals surface area contributed by atoms with E-state index in [1.54, 1.807) is 19.9 Å². The minimum absolute atomic E-state index is 0.131. The summed E-state index contributed by atoms with van der Waals surface area (Å²) in [5, 5.41) is 5.70.